The highest BCUT2D eigenvalue weighted by Crippen LogP contribution is 2.17. The molecule has 1 aliphatic heterocycles. The van der Waals surface area contributed by atoms with Gasteiger partial charge in [0.1, 0.15) is 4.90 Å². The van der Waals surface area contributed by atoms with Crippen molar-refractivity contribution in [3.63, 3.8) is 0 Å². The minimum absolute atomic E-state index is 0.0167. The van der Waals surface area contributed by atoms with Crippen LogP contribution in [0.4, 0.5) is 0 Å². The van der Waals surface area contributed by atoms with Crippen LogP contribution < -0.4 is 4.72 Å². The highest BCUT2D eigenvalue weighted by atomic mass is 32.2. The second-order valence-electron chi connectivity index (χ2n) is 5.19. The molecule has 0 saturated carbocycles. The van der Waals surface area contributed by atoms with Gasteiger partial charge in [-0.05, 0) is 20.8 Å². The smallest absolute Gasteiger partial charge is 0.244 e. The van der Waals surface area contributed by atoms with Crippen molar-refractivity contribution in [3.05, 3.63) is 12.4 Å². The van der Waals surface area contributed by atoms with Gasteiger partial charge in [0.15, 0.2) is 0 Å². The number of hydrogen-bond donors (Lipinski definition) is 1. The zero-order chi connectivity index (χ0) is 14.9. The zero-order valence-electron chi connectivity index (χ0n) is 11.9. The average molecular weight is 300 g/mol. The lowest BCUT2D eigenvalue weighted by atomic mass is 10.3. The maximum Gasteiger partial charge on any atom is 0.244 e. The number of aromatic nitrogens is 2. The highest BCUT2D eigenvalue weighted by molar-refractivity contribution is 7.89. The molecule has 2 rings (SSSR count). The summed E-state index contributed by atoms with van der Waals surface area (Å²) in [6.07, 6.45) is 3.02. The number of hydrogen-bond acceptors (Lipinski definition) is 4. The van der Waals surface area contributed by atoms with E-state index in [2.05, 4.69) is 9.82 Å². The maximum absolute atomic E-state index is 12.2. The fourth-order valence-corrected chi connectivity index (χ4v) is 3.43. The van der Waals surface area contributed by atoms with Crippen molar-refractivity contribution in [2.45, 2.75) is 50.7 Å². The molecule has 1 amide bonds. The molecule has 1 aliphatic rings. The molecule has 0 aromatic carbocycles. The Bertz CT molecular complexity index is 594. The predicted octanol–water partition coefficient (Wildman–Crippen LogP) is 0.191. The Hall–Kier alpha value is -1.41. The third-order valence-electron chi connectivity index (χ3n) is 3.35. The number of carbonyl (C=O) groups excluding carboxylic acids is 1. The summed E-state index contributed by atoms with van der Waals surface area (Å²) in [5.41, 5.74) is 0. The molecule has 0 aliphatic carbocycles. The number of aryl methyl sites for hydroxylation is 1. The van der Waals surface area contributed by atoms with E-state index in [1.807, 2.05) is 20.8 Å². The van der Waals surface area contributed by atoms with Gasteiger partial charge >= 0.3 is 0 Å². The number of rotatable bonds is 5. The predicted molar refractivity (Wildman–Crippen MR) is 73.5 cm³/mol. The van der Waals surface area contributed by atoms with Gasteiger partial charge in [0.25, 0.3) is 0 Å². The average Bonchev–Trinajstić information content (AvgIpc) is 2.95. The number of nitrogens with one attached hydrogen (secondary N) is 1. The summed E-state index contributed by atoms with van der Waals surface area (Å²) in [5, 5.41) is 3.95. The van der Waals surface area contributed by atoms with Crippen LogP contribution in [0.5, 0.6) is 0 Å². The molecule has 1 aromatic rings. The molecule has 0 bridgehead atoms. The van der Waals surface area contributed by atoms with E-state index in [9.17, 15) is 13.2 Å². The maximum atomic E-state index is 12.2. The van der Waals surface area contributed by atoms with Crippen LogP contribution in [-0.2, 0) is 21.4 Å². The van der Waals surface area contributed by atoms with Gasteiger partial charge in [-0.3, -0.25) is 9.48 Å². The van der Waals surface area contributed by atoms with Crippen molar-refractivity contribution < 1.29 is 13.2 Å². The number of amides is 1. The van der Waals surface area contributed by atoms with Crippen LogP contribution in [0.25, 0.3) is 0 Å². The van der Waals surface area contributed by atoms with Gasteiger partial charge in [0, 0.05) is 37.8 Å². The summed E-state index contributed by atoms with van der Waals surface area (Å²) in [4.78, 5) is 13.6. The van der Waals surface area contributed by atoms with Gasteiger partial charge < -0.3 is 4.90 Å². The number of carbonyl (C=O) groups is 1. The van der Waals surface area contributed by atoms with E-state index in [0.29, 0.717) is 13.1 Å². The monoisotopic (exact) mass is 300 g/mol. The van der Waals surface area contributed by atoms with Gasteiger partial charge in [-0.1, -0.05) is 0 Å². The first-order chi connectivity index (χ1) is 9.33. The fourth-order valence-electron chi connectivity index (χ4n) is 2.25. The Balaban J connectivity index is 2.08. The van der Waals surface area contributed by atoms with Crippen molar-refractivity contribution in [2.75, 3.05) is 6.54 Å². The van der Waals surface area contributed by atoms with Crippen LogP contribution in [0, 0.1) is 0 Å². The molecule has 1 atom stereocenters. The standard InChI is InChI=1S/C12H20N4O3S/c1-4-15-8-11(6-13-15)20(18,19)14-10-5-12(17)16(7-10)9(2)3/h6,8-10,14H,4-5,7H2,1-3H3. The summed E-state index contributed by atoms with van der Waals surface area (Å²) in [6, 6.07) is -0.292. The van der Waals surface area contributed by atoms with Crippen molar-refractivity contribution in [1.82, 2.24) is 19.4 Å². The molecule has 0 radical (unpaired) electrons. The van der Waals surface area contributed by atoms with E-state index in [1.54, 1.807) is 9.58 Å². The number of sulfonamides is 1. The van der Waals surface area contributed by atoms with E-state index in [0.717, 1.165) is 0 Å². The topological polar surface area (TPSA) is 84.3 Å². The Labute approximate surface area is 119 Å². The summed E-state index contributed by atoms with van der Waals surface area (Å²) in [7, 11) is -3.62. The fraction of sp³-hybridized carbons (Fsp3) is 0.667. The molecule has 8 heteroatoms. The Kier molecular flexibility index (Phi) is 4.14. The van der Waals surface area contributed by atoms with E-state index < -0.39 is 10.0 Å². The lowest BCUT2D eigenvalue weighted by molar-refractivity contribution is -0.129. The van der Waals surface area contributed by atoms with Crippen molar-refractivity contribution in [2.24, 2.45) is 0 Å². The summed E-state index contributed by atoms with van der Waals surface area (Å²) in [5.74, 6) is -0.0167. The van der Waals surface area contributed by atoms with Gasteiger partial charge in [-0.2, -0.15) is 5.10 Å². The van der Waals surface area contributed by atoms with Crippen molar-refractivity contribution >= 4 is 15.9 Å². The third-order valence-corrected chi connectivity index (χ3v) is 4.82. The van der Waals surface area contributed by atoms with Crippen LogP contribution in [0.1, 0.15) is 27.2 Å². The first-order valence-electron chi connectivity index (χ1n) is 6.67. The molecule has 7 nitrogen and oxygen atoms in total. The second kappa shape index (κ2) is 5.53. The van der Waals surface area contributed by atoms with Crippen LogP contribution in [0.3, 0.4) is 0 Å². The molecule has 20 heavy (non-hydrogen) atoms. The van der Waals surface area contributed by atoms with Gasteiger partial charge in [0.2, 0.25) is 15.9 Å². The first kappa shape index (κ1) is 15.0. The molecular weight excluding hydrogens is 280 g/mol. The van der Waals surface area contributed by atoms with Crippen LogP contribution in [0.2, 0.25) is 0 Å². The molecule has 1 saturated heterocycles. The molecule has 1 unspecified atom stereocenters. The lowest BCUT2D eigenvalue weighted by Crippen LogP contribution is -2.38. The van der Waals surface area contributed by atoms with Gasteiger partial charge in [0.05, 0.1) is 6.20 Å². The molecule has 1 N–H and O–H groups in total. The molecule has 112 valence electrons. The van der Waals surface area contributed by atoms with Crippen LogP contribution >= 0.6 is 0 Å². The summed E-state index contributed by atoms with van der Waals surface area (Å²) >= 11 is 0. The Morgan fingerprint density at radius 1 is 1.50 bits per heavy atom. The van der Waals surface area contributed by atoms with Crippen molar-refractivity contribution in [1.29, 1.82) is 0 Å². The number of likely N-dealkylation sites (tertiary alicyclic amines) is 1. The largest absolute Gasteiger partial charge is 0.339 e. The Morgan fingerprint density at radius 3 is 2.70 bits per heavy atom. The van der Waals surface area contributed by atoms with E-state index in [-0.39, 0.29) is 29.3 Å². The molecule has 2 heterocycles. The SMILES string of the molecule is CCn1cc(S(=O)(=O)NC2CC(=O)N(C(C)C)C2)cn1. The summed E-state index contributed by atoms with van der Waals surface area (Å²) in [6.45, 7) is 6.74. The van der Waals surface area contributed by atoms with E-state index >= 15 is 0 Å². The lowest BCUT2D eigenvalue weighted by Gasteiger charge is -2.21. The van der Waals surface area contributed by atoms with Gasteiger partial charge in [-0.15, -0.1) is 0 Å². The minimum Gasteiger partial charge on any atom is -0.339 e. The second-order valence-corrected chi connectivity index (χ2v) is 6.91. The molecule has 1 fully saturated rings. The molecule has 0 spiro atoms. The third kappa shape index (κ3) is 3.01. The highest BCUT2D eigenvalue weighted by Gasteiger charge is 2.34. The van der Waals surface area contributed by atoms with E-state index in [1.165, 1.54) is 12.4 Å². The van der Waals surface area contributed by atoms with E-state index in [4.69, 9.17) is 0 Å². The first-order valence-corrected chi connectivity index (χ1v) is 8.16. The zero-order valence-corrected chi connectivity index (χ0v) is 12.7. The number of nitrogens with zero attached hydrogens (tertiary/aromatic N) is 3. The van der Waals surface area contributed by atoms with Crippen LogP contribution in [0.15, 0.2) is 17.3 Å². The minimum atomic E-state index is -3.62. The van der Waals surface area contributed by atoms with Crippen LogP contribution in [-0.4, -0.2) is 47.6 Å². The van der Waals surface area contributed by atoms with Crippen molar-refractivity contribution in [3.8, 4) is 0 Å². The normalized spacial score (nSPS) is 20.1. The molecule has 1 aromatic heterocycles. The molecular formula is C12H20N4O3S. The quantitative estimate of drug-likeness (QED) is 0.841. The summed E-state index contributed by atoms with van der Waals surface area (Å²) < 4.78 is 28.5. The van der Waals surface area contributed by atoms with Gasteiger partial charge in [-0.25, -0.2) is 13.1 Å². The Morgan fingerprint density at radius 2 is 2.20 bits per heavy atom.